The molecule has 0 aromatic heterocycles. The van der Waals surface area contributed by atoms with Gasteiger partial charge in [0.1, 0.15) is 0 Å². The summed E-state index contributed by atoms with van der Waals surface area (Å²) in [4.78, 5) is 16.5. The summed E-state index contributed by atoms with van der Waals surface area (Å²) >= 11 is 0. The zero-order valence-electron chi connectivity index (χ0n) is 12.6. The van der Waals surface area contributed by atoms with Crippen LogP contribution in [0.5, 0.6) is 0 Å². The average Bonchev–Trinajstić information content (AvgIpc) is 2.90. The van der Waals surface area contributed by atoms with Crippen molar-refractivity contribution in [2.45, 2.75) is 32.2 Å². The highest BCUT2D eigenvalue weighted by molar-refractivity contribution is 5.96. The predicted molar refractivity (Wildman–Crippen MR) is 86.2 cm³/mol. The number of nitrogens with zero attached hydrogens (tertiary/aromatic N) is 2. The highest BCUT2D eigenvalue weighted by Gasteiger charge is 2.28. The molecule has 3 nitrogen and oxygen atoms in total. The van der Waals surface area contributed by atoms with E-state index in [9.17, 15) is 4.79 Å². The highest BCUT2D eigenvalue weighted by atomic mass is 16.2. The van der Waals surface area contributed by atoms with Gasteiger partial charge in [-0.1, -0.05) is 24.6 Å². The van der Waals surface area contributed by atoms with Gasteiger partial charge in [-0.3, -0.25) is 9.69 Å². The Balaban J connectivity index is 1.70. The molecule has 1 aromatic carbocycles. The summed E-state index contributed by atoms with van der Waals surface area (Å²) in [6, 6.07) is 8.47. The van der Waals surface area contributed by atoms with Crippen LogP contribution in [-0.4, -0.2) is 30.4 Å². The summed E-state index contributed by atoms with van der Waals surface area (Å²) < 4.78 is 0. The average molecular weight is 284 g/mol. The molecule has 1 aromatic rings. The van der Waals surface area contributed by atoms with Crippen LogP contribution in [0, 0.1) is 5.92 Å². The van der Waals surface area contributed by atoms with Gasteiger partial charge in [-0.05, 0) is 43.6 Å². The fourth-order valence-electron chi connectivity index (χ4n) is 3.34. The van der Waals surface area contributed by atoms with Crippen molar-refractivity contribution in [3.63, 3.8) is 0 Å². The number of likely N-dealkylation sites (tertiary alicyclic amines) is 1. The first-order chi connectivity index (χ1) is 10.3. The van der Waals surface area contributed by atoms with Crippen molar-refractivity contribution in [3.05, 3.63) is 42.5 Å². The number of hydrogen-bond donors (Lipinski definition) is 0. The van der Waals surface area contributed by atoms with Gasteiger partial charge >= 0.3 is 0 Å². The minimum Gasteiger partial charge on any atom is -0.312 e. The Bertz CT molecular complexity index is 520. The molecule has 0 aliphatic carbocycles. The predicted octanol–water partition coefficient (Wildman–Crippen LogP) is 3.21. The van der Waals surface area contributed by atoms with Crippen molar-refractivity contribution in [2.24, 2.45) is 5.92 Å². The molecule has 3 heteroatoms. The third kappa shape index (κ3) is 3.35. The van der Waals surface area contributed by atoms with Crippen LogP contribution in [0.15, 0.2) is 36.9 Å². The van der Waals surface area contributed by atoms with E-state index < -0.39 is 0 Å². The van der Waals surface area contributed by atoms with Gasteiger partial charge in [-0.2, -0.15) is 0 Å². The number of hydrogen-bond acceptors (Lipinski definition) is 2. The SMILES string of the molecule is C=CC1CC(=O)N(c2cccc(CN3CCCCC3)c2)C1. The quantitative estimate of drug-likeness (QED) is 0.793. The molecule has 2 heterocycles. The molecule has 0 N–H and O–H groups in total. The lowest BCUT2D eigenvalue weighted by molar-refractivity contribution is -0.117. The lowest BCUT2D eigenvalue weighted by Gasteiger charge is -2.27. The molecule has 2 aliphatic rings. The van der Waals surface area contributed by atoms with Crippen molar-refractivity contribution in [3.8, 4) is 0 Å². The molecular formula is C18H24N2O. The van der Waals surface area contributed by atoms with Crippen LogP contribution >= 0.6 is 0 Å². The summed E-state index contributed by atoms with van der Waals surface area (Å²) in [5.41, 5.74) is 2.35. The first-order valence-corrected chi connectivity index (χ1v) is 8.00. The molecular weight excluding hydrogens is 260 g/mol. The van der Waals surface area contributed by atoms with Gasteiger partial charge in [-0.25, -0.2) is 0 Å². The molecule has 1 amide bonds. The van der Waals surface area contributed by atoms with Crippen molar-refractivity contribution in [1.29, 1.82) is 0 Å². The number of benzene rings is 1. The van der Waals surface area contributed by atoms with Crippen LogP contribution in [0.1, 0.15) is 31.2 Å². The Kier molecular flexibility index (Phi) is 4.39. The van der Waals surface area contributed by atoms with E-state index in [1.165, 1.54) is 37.9 Å². The second-order valence-corrected chi connectivity index (χ2v) is 6.21. The zero-order valence-corrected chi connectivity index (χ0v) is 12.6. The van der Waals surface area contributed by atoms with E-state index in [0.29, 0.717) is 12.3 Å². The minimum atomic E-state index is 0.218. The second-order valence-electron chi connectivity index (χ2n) is 6.21. The van der Waals surface area contributed by atoms with E-state index >= 15 is 0 Å². The lowest BCUT2D eigenvalue weighted by atomic mass is 10.1. The molecule has 0 bridgehead atoms. The fourth-order valence-corrected chi connectivity index (χ4v) is 3.34. The first-order valence-electron chi connectivity index (χ1n) is 8.00. The normalized spacial score (nSPS) is 23.5. The van der Waals surface area contributed by atoms with Crippen molar-refractivity contribution < 1.29 is 4.79 Å². The number of carbonyl (C=O) groups is 1. The summed E-state index contributed by atoms with van der Waals surface area (Å²) in [5, 5.41) is 0. The van der Waals surface area contributed by atoms with Gasteiger partial charge in [0.15, 0.2) is 0 Å². The van der Waals surface area contributed by atoms with E-state index in [4.69, 9.17) is 0 Å². The van der Waals surface area contributed by atoms with Crippen LogP contribution in [0.25, 0.3) is 0 Å². The molecule has 2 fully saturated rings. The minimum absolute atomic E-state index is 0.218. The van der Waals surface area contributed by atoms with Crippen LogP contribution in [-0.2, 0) is 11.3 Å². The number of piperidine rings is 1. The van der Waals surface area contributed by atoms with Gasteiger partial charge in [0, 0.05) is 31.1 Å². The maximum Gasteiger partial charge on any atom is 0.227 e. The largest absolute Gasteiger partial charge is 0.312 e. The van der Waals surface area contributed by atoms with E-state index in [1.54, 1.807) is 0 Å². The first kappa shape index (κ1) is 14.3. The fraction of sp³-hybridized carbons (Fsp3) is 0.500. The standard InChI is InChI=1S/C18H24N2O/c1-2-15-12-18(21)20(14-15)17-8-6-7-16(11-17)13-19-9-4-3-5-10-19/h2,6-8,11,15H,1,3-5,9-10,12-14H2. The Hall–Kier alpha value is -1.61. The van der Waals surface area contributed by atoms with Crippen molar-refractivity contribution in [2.75, 3.05) is 24.5 Å². The van der Waals surface area contributed by atoms with Gasteiger partial charge in [-0.15, -0.1) is 6.58 Å². The molecule has 0 saturated carbocycles. The van der Waals surface area contributed by atoms with Gasteiger partial charge in [0.2, 0.25) is 5.91 Å². The molecule has 112 valence electrons. The molecule has 0 radical (unpaired) electrons. The molecule has 1 unspecified atom stereocenters. The Labute approximate surface area is 127 Å². The van der Waals surface area contributed by atoms with Crippen LogP contribution < -0.4 is 4.90 Å². The summed E-state index contributed by atoms with van der Waals surface area (Å²) in [7, 11) is 0. The number of carbonyl (C=O) groups excluding carboxylic acids is 1. The third-order valence-corrected chi connectivity index (χ3v) is 4.57. The van der Waals surface area contributed by atoms with Crippen LogP contribution in [0.2, 0.25) is 0 Å². The second kappa shape index (κ2) is 6.44. The van der Waals surface area contributed by atoms with Gasteiger partial charge in [0.25, 0.3) is 0 Å². The summed E-state index contributed by atoms with van der Waals surface area (Å²) in [6.45, 7) is 7.99. The van der Waals surface area contributed by atoms with Crippen molar-refractivity contribution in [1.82, 2.24) is 4.90 Å². The molecule has 1 atom stereocenters. The topological polar surface area (TPSA) is 23.6 Å². The Morgan fingerprint density at radius 2 is 2.05 bits per heavy atom. The van der Waals surface area contributed by atoms with E-state index in [-0.39, 0.29) is 5.91 Å². The summed E-state index contributed by atoms with van der Waals surface area (Å²) in [6.07, 6.45) is 6.48. The molecule has 2 saturated heterocycles. The highest BCUT2D eigenvalue weighted by Crippen LogP contribution is 2.26. The zero-order chi connectivity index (χ0) is 14.7. The lowest BCUT2D eigenvalue weighted by Crippen LogP contribution is -2.29. The number of anilines is 1. The van der Waals surface area contributed by atoms with E-state index in [2.05, 4.69) is 29.7 Å². The Morgan fingerprint density at radius 3 is 2.76 bits per heavy atom. The van der Waals surface area contributed by atoms with Crippen molar-refractivity contribution >= 4 is 11.6 Å². The Morgan fingerprint density at radius 1 is 1.24 bits per heavy atom. The molecule has 0 spiro atoms. The molecule has 21 heavy (non-hydrogen) atoms. The van der Waals surface area contributed by atoms with Crippen LogP contribution in [0.3, 0.4) is 0 Å². The third-order valence-electron chi connectivity index (χ3n) is 4.57. The van der Waals surface area contributed by atoms with Gasteiger partial charge < -0.3 is 4.90 Å². The van der Waals surface area contributed by atoms with Crippen LogP contribution in [0.4, 0.5) is 5.69 Å². The maximum atomic E-state index is 12.1. The van der Waals surface area contributed by atoms with E-state index in [1.807, 2.05) is 17.0 Å². The monoisotopic (exact) mass is 284 g/mol. The molecule has 2 aliphatic heterocycles. The summed E-state index contributed by atoms with van der Waals surface area (Å²) in [5.74, 6) is 0.512. The van der Waals surface area contributed by atoms with E-state index in [0.717, 1.165) is 18.8 Å². The molecule has 3 rings (SSSR count). The van der Waals surface area contributed by atoms with Gasteiger partial charge in [0.05, 0.1) is 0 Å². The number of rotatable bonds is 4. The smallest absolute Gasteiger partial charge is 0.227 e. The number of amides is 1. The maximum absolute atomic E-state index is 12.1.